The molecule has 3 nitrogen and oxygen atoms in total. The smallest absolute Gasteiger partial charge is 0.0511 e. The van der Waals surface area contributed by atoms with Gasteiger partial charge in [0.1, 0.15) is 0 Å². The quantitative estimate of drug-likeness (QED) is 0.845. The number of rotatable bonds is 6. The number of anilines is 1. The fraction of sp³-hybridized carbons (Fsp3) is 0.647. The molecule has 1 saturated heterocycles. The van der Waals surface area contributed by atoms with Crippen LogP contribution < -0.4 is 10.2 Å². The van der Waals surface area contributed by atoms with Crippen LogP contribution in [0.4, 0.5) is 5.69 Å². The lowest BCUT2D eigenvalue weighted by Gasteiger charge is -2.37. The minimum atomic E-state index is 0.758. The normalized spacial score (nSPS) is 16.7. The van der Waals surface area contributed by atoms with Gasteiger partial charge in [0.05, 0.1) is 5.69 Å². The average molecular weight is 354 g/mol. The van der Waals surface area contributed by atoms with Gasteiger partial charge in [0.2, 0.25) is 0 Å². The van der Waals surface area contributed by atoms with Crippen molar-refractivity contribution in [2.75, 3.05) is 44.2 Å². The summed E-state index contributed by atoms with van der Waals surface area (Å²) in [5.41, 5.74) is 2.67. The van der Waals surface area contributed by atoms with Gasteiger partial charge in [-0.2, -0.15) is 0 Å². The van der Waals surface area contributed by atoms with E-state index in [1.54, 1.807) is 0 Å². The second kappa shape index (κ2) is 8.16. The van der Waals surface area contributed by atoms with E-state index >= 15 is 0 Å². The zero-order valence-electron chi connectivity index (χ0n) is 13.5. The van der Waals surface area contributed by atoms with Gasteiger partial charge in [-0.25, -0.2) is 0 Å². The van der Waals surface area contributed by atoms with Crippen LogP contribution in [-0.2, 0) is 6.54 Å². The number of halogens is 1. The van der Waals surface area contributed by atoms with Crippen LogP contribution in [0, 0.1) is 5.92 Å². The van der Waals surface area contributed by atoms with Crippen LogP contribution >= 0.6 is 15.9 Å². The summed E-state index contributed by atoms with van der Waals surface area (Å²) in [5, 5.41) is 3.37. The van der Waals surface area contributed by atoms with Crippen molar-refractivity contribution in [3.8, 4) is 0 Å². The second-order valence-electron chi connectivity index (χ2n) is 6.25. The molecule has 1 aliphatic rings. The molecule has 0 spiro atoms. The molecule has 0 saturated carbocycles. The van der Waals surface area contributed by atoms with Crippen LogP contribution in [0.2, 0.25) is 0 Å². The topological polar surface area (TPSA) is 18.5 Å². The zero-order valence-corrected chi connectivity index (χ0v) is 15.1. The van der Waals surface area contributed by atoms with Gasteiger partial charge in [-0.05, 0) is 46.1 Å². The Morgan fingerprint density at radius 3 is 2.48 bits per heavy atom. The molecule has 1 aliphatic heterocycles. The Labute approximate surface area is 137 Å². The van der Waals surface area contributed by atoms with E-state index < -0.39 is 0 Å². The van der Waals surface area contributed by atoms with E-state index in [4.69, 9.17) is 0 Å². The van der Waals surface area contributed by atoms with E-state index in [0.717, 1.165) is 32.1 Å². The highest BCUT2D eigenvalue weighted by molar-refractivity contribution is 9.10. The summed E-state index contributed by atoms with van der Waals surface area (Å²) in [4.78, 5) is 5.08. The first kappa shape index (κ1) is 16.8. The monoisotopic (exact) mass is 353 g/mol. The lowest BCUT2D eigenvalue weighted by molar-refractivity contribution is 0.231. The Morgan fingerprint density at radius 1 is 1.19 bits per heavy atom. The molecule has 21 heavy (non-hydrogen) atoms. The van der Waals surface area contributed by atoms with Crippen LogP contribution in [0.1, 0.15) is 26.3 Å². The van der Waals surface area contributed by atoms with E-state index in [2.05, 4.69) is 70.0 Å². The molecule has 0 unspecified atom stereocenters. The van der Waals surface area contributed by atoms with Gasteiger partial charge < -0.3 is 10.2 Å². The molecule has 0 atom stereocenters. The second-order valence-corrected chi connectivity index (χ2v) is 7.10. The summed E-state index contributed by atoms with van der Waals surface area (Å²) in [6.07, 6.45) is 0. The lowest BCUT2D eigenvalue weighted by Crippen LogP contribution is -2.47. The third-order valence-electron chi connectivity index (χ3n) is 3.93. The molecular weight excluding hydrogens is 326 g/mol. The van der Waals surface area contributed by atoms with Crippen molar-refractivity contribution < 1.29 is 0 Å². The third-order valence-corrected chi connectivity index (χ3v) is 4.56. The van der Waals surface area contributed by atoms with Gasteiger partial charge in [0.25, 0.3) is 0 Å². The summed E-state index contributed by atoms with van der Waals surface area (Å²) < 4.78 is 1.22. The predicted molar refractivity (Wildman–Crippen MR) is 95.0 cm³/mol. The number of hydrogen-bond acceptors (Lipinski definition) is 3. The number of nitrogens with zero attached hydrogens (tertiary/aromatic N) is 2. The lowest BCUT2D eigenvalue weighted by atomic mass is 10.1. The van der Waals surface area contributed by atoms with Crippen LogP contribution in [0.5, 0.6) is 0 Å². The summed E-state index contributed by atoms with van der Waals surface area (Å²) in [6, 6.07) is 6.75. The van der Waals surface area contributed by atoms with Crippen molar-refractivity contribution in [1.29, 1.82) is 0 Å². The molecule has 2 rings (SSSR count). The van der Waals surface area contributed by atoms with Crippen molar-refractivity contribution in [2.24, 2.45) is 5.92 Å². The third kappa shape index (κ3) is 4.97. The number of piperazine rings is 1. The summed E-state index contributed by atoms with van der Waals surface area (Å²) in [5.74, 6) is 0.758. The van der Waals surface area contributed by atoms with Crippen molar-refractivity contribution in [3.05, 3.63) is 28.2 Å². The molecule has 1 fully saturated rings. The number of nitrogens with one attached hydrogen (secondary N) is 1. The minimum Gasteiger partial charge on any atom is -0.368 e. The molecule has 0 radical (unpaired) electrons. The first-order chi connectivity index (χ1) is 10.1. The Morgan fingerprint density at radius 2 is 1.90 bits per heavy atom. The highest BCUT2D eigenvalue weighted by atomic mass is 79.9. The average Bonchev–Trinajstić information content (AvgIpc) is 2.46. The van der Waals surface area contributed by atoms with Gasteiger partial charge in [-0.3, -0.25) is 4.90 Å². The Kier molecular flexibility index (Phi) is 6.52. The first-order valence-corrected chi connectivity index (χ1v) is 8.86. The molecule has 0 aromatic heterocycles. The maximum absolute atomic E-state index is 3.75. The number of benzene rings is 1. The van der Waals surface area contributed by atoms with Crippen LogP contribution in [0.15, 0.2) is 22.7 Å². The molecule has 1 N–H and O–H groups in total. The predicted octanol–water partition coefficient (Wildman–Crippen LogP) is 3.34. The summed E-state index contributed by atoms with van der Waals surface area (Å²) in [7, 11) is 0. The van der Waals surface area contributed by atoms with Gasteiger partial charge in [-0.15, -0.1) is 0 Å². The Balaban J connectivity index is 1.94. The van der Waals surface area contributed by atoms with E-state index in [-0.39, 0.29) is 0 Å². The molecular formula is C17H28BrN3. The maximum atomic E-state index is 3.75. The minimum absolute atomic E-state index is 0.758. The fourth-order valence-electron chi connectivity index (χ4n) is 2.87. The van der Waals surface area contributed by atoms with E-state index in [9.17, 15) is 0 Å². The van der Waals surface area contributed by atoms with Crippen molar-refractivity contribution in [3.63, 3.8) is 0 Å². The molecule has 0 aliphatic carbocycles. The largest absolute Gasteiger partial charge is 0.368 e. The van der Waals surface area contributed by atoms with E-state index in [1.807, 2.05) is 0 Å². The Bertz CT molecular complexity index is 440. The van der Waals surface area contributed by atoms with E-state index in [1.165, 1.54) is 35.4 Å². The van der Waals surface area contributed by atoms with Crippen molar-refractivity contribution in [1.82, 2.24) is 10.2 Å². The highest BCUT2D eigenvalue weighted by Crippen LogP contribution is 2.28. The molecule has 0 amide bonds. The molecule has 4 heteroatoms. The SMILES string of the molecule is CCNCc1ccc(N2CCN(CC(C)C)CC2)c(Br)c1. The fourth-order valence-corrected chi connectivity index (χ4v) is 3.55. The van der Waals surface area contributed by atoms with Gasteiger partial charge >= 0.3 is 0 Å². The number of hydrogen-bond donors (Lipinski definition) is 1. The molecule has 118 valence electrons. The van der Waals surface area contributed by atoms with Crippen molar-refractivity contribution >= 4 is 21.6 Å². The van der Waals surface area contributed by atoms with Gasteiger partial charge in [-0.1, -0.05) is 26.8 Å². The van der Waals surface area contributed by atoms with Gasteiger partial charge in [0.15, 0.2) is 0 Å². The summed E-state index contributed by atoms with van der Waals surface area (Å²) in [6.45, 7) is 14.5. The van der Waals surface area contributed by atoms with Gasteiger partial charge in [0, 0.05) is 43.7 Å². The standard InChI is InChI=1S/C17H28BrN3/c1-4-19-12-15-5-6-17(16(18)11-15)21-9-7-20(8-10-21)13-14(2)3/h5-6,11,14,19H,4,7-10,12-13H2,1-3H3. The zero-order chi connectivity index (χ0) is 15.2. The first-order valence-electron chi connectivity index (χ1n) is 8.06. The highest BCUT2D eigenvalue weighted by Gasteiger charge is 2.19. The van der Waals surface area contributed by atoms with E-state index in [0.29, 0.717) is 0 Å². The van der Waals surface area contributed by atoms with Crippen LogP contribution in [0.3, 0.4) is 0 Å². The van der Waals surface area contributed by atoms with Crippen LogP contribution in [-0.4, -0.2) is 44.2 Å². The Hall–Kier alpha value is -0.580. The van der Waals surface area contributed by atoms with Crippen molar-refractivity contribution in [2.45, 2.75) is 27.3 Å². The summed E-state index contributed by atoms with van der Waals surface area (Å²) >= 11 is 3.75. The molecule has 0 bridgehead atoms. The maximum Gasteiger partial charge on any atom is 0.0511 e. The van der Waals surface area contributed by atoms with Crippen LogP contribution in [0.25, 0.3) is 0 Å². The molecule has 1 aromatic carbocycles. The molecule has 1 aromatic rings. The molecule has 1 heterocycles.